The van der Waals surface area contributed by atoms with E-state index in [-0.39, 0.29) is 11.7 Å². The maximum absolute atomic E-state index is 12.0. The maximum atomic E-state index is 12.0. The largest absolute Gasteiger partial charge is 0.340 e. The number of Topliss-reactive ketones (excluding diaryl/α,β-unsaturated/α-hetero) is 1. The van der Waals surface area contributed by atoms with Gasteiger partial charge in [0.05, 0.1) is 6.33 Å². The van der Waals surface area contributed by atoms with Gasteiger partial charge in [-0.15, -0.1) is 0 Å². The first-order valence-corrected chi connectivity index (χ1v) is 5.39. The van der Waals surface area contributed by atoms with Crippen molar-refractivity contribution in [3.63, 3.8) is 0 Å². The summed E-state index contributed by atoms with van der Waals surface area (Å²) in [6, 6.07) is 0. The van der Waals surface area contributed by atoms with Crippen molar-refractivity contribution in [3.8, 4) is 0 Å². The Morgan fingerprint density at radius 2 is 2.40 bits per heavy atom. The molecule has 1 fully saturated rings. The summed E-state index contributed by atoms with van der Waals surface area (Å²) in [6.45, 7) is 3.98. The van der Waals surface area contributed by atoms with E-state index in [1.54, 1.807) is 12.5 Å². The van der Waals surface area contributed by atoms with Gasteiger partial charge in [-0.05, 0) is 18.9 Å². The third-order valence-corrected chi connectivity index (χ3v) is 2.90. The van der Waals surface area contributed by atoms with E-state index in [1.807, 2.05) is 11.6 Å². The molecule has 1 aliphatic rings. The number of carbonyl (C=O) groups is 1. The summed E-state index contributed by atoms with van der Waals surface area (Å²) in [6.07, 6.45) is 4.44. The number of nitrogens with one attached hydrogen (secondary N) is 1. The van der Waals surface area contributed by atoms with Crippen LogP contribution in [0.2, 0.25) is 0 Å². The van der Waals surface area contributed by atoms with Crippen LogP contribution in [0.15, 0.2) is 12.5 Å². The Bertz CT molecular complexity index is 358. The van der Waals surface area contributed by atoms with Crippen LogP contribution in [0.1, 0.15) is 23.8 Å². The van der Waals surface area contributed by atoms with E-state index < -0.39 is 0 Å². The lowest BCUT2D eigenvalue weighted by Gasteiger charge is -2.26. The molecule has 1 aromatic heterocycles. The molecule has 0 bridgehead atoms. The van der Waals surface area contributed by atoms with Gasteiger partial charge in [0, 0.05) is 25.7 Å². The molecule has 4 heteroatoms. The lowest BCUT2D eigenvalue weighted by molar-refractivity contribution is 0.0877. The number of imidazole rings is 1. The summed E-state index contributed by atoms with van der Waals surface area (Å²) >= 11 is 0. The second-order valence-corrected chi connectivity index (χ2v) is 4.48. The Kier molecular flexibility index (Phi) is 2.86. The summed E-state index contributed by atoms with van der Waals surface area (Å²) in [5.74, 6) is 0.856. The smallest absolute Gasteiger partial charge is 0.187 e. The number of ketones is 1. The van der Waals surface area contributed by atoms with Crippen molar-refractivity contribution < 1.29 is 4.79 Å². The van der Waals surface area contributed by atoms with Crippen LogP contribution >= 0.6 is 0 Å². The molecule has 1 aromatic rings. The number of carbonyl (C=O) groups excluding carboxylic acids is 1. The monoisotopic (exact) mass is 207 g/mol. The average molecular weight is 207 g/mol. The van der Waals surface area contributed by atoms with E-state index in [0.717, 1.165) is 19.5 Å². The molecule has 2 unspecified atom stereocenters. The summed E-state index contributed by atoms with van der Waals surface area (Å²) in [4.78, 5) is 16.1. The number of aromatic nitrogens is 2. The van der Waals surface area contributed by atoms with Crippen LogP contribution in [0.5, 0.6) is 0 Å². The predicted octanol–water partition coefficient (Wildman–Crippen LogP) is 0.848. The van der Waals surface area contributed by atoms with Crippen molar-refractivity contribution >= 4 is 5.78 Å². The van der Waals surface area contributed by atoms with Crippen molar-refractivity contribution in [2.45, 2.75) is 13.3 Å². The molecule has 2 rings (SSSR count). The highest BCUT2D eigenvalue weighted by Gasteiger charge is 2.26. The Morgan fingerprint density at radius 3 is 3.00 bits per heavy atom. The van der Waals surface area contributed by atoms with Crippen LogP contribution in [0.3, 0.4) is 0 Å². The van der Waals surface area contributed by atoms with Crippen molar-refractivity contribution in [1.29, 1.82) is 0 Å². The zero-order valence-corrected chi connectivity index (χ0v) is 9.23. The Balaban J connectivity index is 2.07. The summed E-state index contributed by atoms with van der Waals surface area (Å²) in [5.41, 5.74) is 0.596. The van der Waals surface area contributed by atoms with Crippen LogP contribution in [0, 0.1) is 11.8 Å². The van der Waals surface area contributed by atoms with Gasteiger partial charge in [0.25, 0.3) is 0 Å². The minimum absolute atomic E-state index is 0.101. The fourth-order valence-corrected chi connectivity index (χ4v) is 2.11. The highest BCUT2D eigenvalue weighted by atomic mass is 16.1. The van der Waals surface area contributed by atoms with Crippen molar-refractivity contribution in [3.05, 3.63) is 18.2 Å². The second-order valence-electron chi connectivity index (χ2n) is 4.48. The first kappa shape index (κ1) is 10.4. The number of piperidine rings is 1. The van der Waals surface area contributed by atoms with Crippen molar-refractivity contribution in [2.24, 2.45) is 18.9 Å². The van der Waals surface area contributed by atoms with Gasteiger partial charge in [-0.2, -0.15) is 0 Å². The van der Waals surface area contributed by atoms with Gasteiger partial charge in [-0.1, -0.05) is 6.92 Å². The number of rotatable bonds is 2. The highest BCUT2D eigenvalue weighted by Crippen LogP contribution is 2.19. The van der Waals surface area contributed by atoms with Crippen LogP contribution in [0.25, 0.3) is 0 Å². The SMILES string of the molecule is CC1CNCC(C(=O)c2cn(C)cn2)C1. The highest BCUT2D eigenvalue weighted by molar-refractivity contribution is 5.96. The number of nitrogens with zero attached hydrogens (tertiary/aromatic N) is 2. The molecule has 1 aliphatic heterocycles. The average Bonchev–Trinajstić information content (AvgIpc) is 2.64. The van der Waals surface area contributed by atoms with Crippen molar-refractivity contribution in [1.82, 2.24) is 14.9 Å². The van der Waals surface area contributed by atoms with E-state index >= 15 is 0 Å². The summed E-state index contributed by atoms with van der Waals surface area (Å²) in [7, 11) is 1.88. The second kappa shape index (κ2) is 4.14. The first-order chi connectivity index (χ1) is 7.16. The molecule has 0 spiro atoms. The van der Waals surface area contributed by atoms with Crippen LogP contribution < -0.4 is 5.32 Å². The Labute approximate surface area is 89.7 Å². The van der Waals surface area contributed by atoms with Gasteiger partial charge in [0.2, 0.25) is 0 Å². The lowest BCUT2D eigenvalue weighted by Crippen LogP contribution is -2.38. The molecule has 82 valence electrons. The molecular weight excluding hydrogens is 190 g/mol. The molecular formula is C11H17N3O. The first-order valence-electron chi connectivity index (χ1n) is 5.39. The van der Waals surface area contributed by atoms with Crippen LogP contribution in [-0.2, 0) is 7.05 Å². The van der Waals surface area contributed by atoms with Gasteiger partial charge >= 0.3 is 0 Å². The molecule has 1 N–H and O–H groups in total. The summed E-state index contributed by atoms with van der Waals surface area (Å²) in [5, 5.41) is 3.29. The van der Waals surface area contributed by atoms with Crippen LogP contribution in [0.4, 0.5) is 0 Å². The minimum Gasteiger partial charge on any atom is -0.340 e. The molecule has 0 aromatic carbocycles. The number of hydrogen-bond acceptors (Lipinski definition) is 3. The quantitative estimate of drug-likeness (QED) is 0.731. The number of aryl methyl sites for hydroxylation is 1. The van der Waals surface area contributed by atoms with Gasteiger partial charge < -0.3 is 9.88 Å². The van der Waals surface area contributed by atoms with Gasteiger partial charge in [0.1, 0.15) is 5.69 Å². The molecule has 4 nitrogen and oxygen atoms in total. The standard InChI is InChI=1S/C11H17N3O/c1-8-3-9(5-12-4-8)11(15)10-6-14(2)7-13-10/h6-9,12H,3-5H2,1-2H3. The summed E-state index contributed by atoms with van der Waals surface area (Å²) < 4.78 is 1.81. The molecule has 0 amide bonds. The fraction of sp³-hybridized carbons (Fsp3) is 0.636. The van der Waals surface area contributed by atoms with E-state index in [0.29, 0.717) is 11.6 Å². The molecule has 0 saturated carbocycles. The molecule has 1 saturated heterocycles. The van der Waals surface area contributed by atoms with E-state index in [4.69, 9.17) is 0 Å². The normalized spacial score (nSPS) is 26.5. The predicted molar refractivity (Wildman–Crippen MR) is 57.7 cm³/mol. The van der Waals surface area contributed by atoms with Crippen LogP contribution in [-0.4, -0.2) is 28.4 Å². The molecule has 2 heterocycles. The van der Waals surface area contributed by atoms with E-state index in [2.05, 4.69) is 17.2 Å². The Hall–Kier alpha value is -1.16. The molecule has 15 heavy (non-hydrogen) atoms. The van der Waals surface area contributed by atoms with Crippen molar-refractivity contribution in [2.75, 3.05) is 13.1 Å². The topological polar surface area (TPSA) is 46.9 Å². The van der Waals surface area contributed by atoms with Gasteiger partial charge in [0.15, 0.2) is 5.78 Å². The zero-order valence-electron chi connectivity index (χ0n) is 9.23. The minimum atomic E-state index is 0.101. The van der Waals surface area contributed by atoms with Gasteiger partial charge in [-0.3, -0.25) is 4.79 Å². The third kappa shape index (κ3) is 2.26. The zero-order chi connectivity index (χ0) is 10.8. The number of hydrogen-bond donors (Lipinski definition) is 1. The lowest BCUT2D eigenvalue weighted by atomic mass is 9.88. The third-order valence-electron chi connectivity index (χ3n) is 2.90. The van der Waals surface area contributed by atoms with Gasteiger partial charge in [-0.25, -0.2) is 4.98 Å². The maximum Gasteiger partial charge on any atom is 0.187 e. The van der Waals surface area contributed by atoms with E-state index in [1.165, 1.54) is 0 Å². The molecule has 0 aliphatic carbocycles. The van der Waals surface area contributed by atoms with E-state index in [9.17, 15) is 4.79 Å². The molecule has 0 radical (unpaired) electrons. The molecule has 2 atom stereocenters. The fourth-order valence-electron chi connectivity index (χ4n) is 2.11. The Morgan fingerprint density at radius 1 is 1.60 bits per heavy atom.